The number of anilines is 2. The van der Waals surface area contributed by atoms with Gasteiger partial charge in [-0.15, -0.1) is 0 Å². The first-order valence-corrected chi connectivity index (χ1v) is 4.94. The number of hydrogen-bond donors (Lipinski definition) is 4. The van der Waals surface area contributed by atoms with E-state index in [1.165, 1.54) is 6.07 Å². The van der Waals surface area contributed by atoms with Crippen molar-refractivity contribution >= 4 is 11.4 Å². The molecule has 0 spiro atoms. The van der Waals surface area contributed by atoms with Gasteiger partial charge in [0.1, 0.15) is 11.6 Å². The molecular formula is C12H9F2NO3. The molecule has 2 rings (SSSR count). The molecular weight excluding hydrogens is 244 g/mol. The van der Waals surface area contributed by atoms with E-state index in [1.54, 1.807) is 0 Å². The van der Waals surface area contributed by atoms with Crippen LogP contribution in [0.5, 0.6) is 17.2 Å². The van der Waals surface area contributed by atoms with Gasteiger partial charge >= 0.3 is 0 Å². The van der Waals surface area contributed by atoms with Crippen molar-refractivity contribution in [3.8, 4) is 17.2 Å². The topological polar surface area (TPSA) is 72.7 Å². The largest absolute Gasteiger partial charge is 0.504 e. The molecule has 0 saturated carbocycles. The Balaban J connectivity index is 2.37. The summed E-state index contributed by atoms with van der Waals surface area (Å²) >= 11 is 0. The molecule has 0 amide bonds. The van der Waals surface area contributed by atoms with Crippen LogP contribution in [0.25, 0.3) is 0 Å². The fourth-order valence-corrected chi connectivity index (χ4v) is 1.45. The minimum Gasteiger partial charge on any atom is -0.504 e. The van der Waals surface area contributed by atoms with E-state index in [9.17, 15) is 19.0 Å². The molecule has 4 N–H and O–H groups in total. The highest BCUT2D eigenvalue weighted by atomic mass is 19.1. The van der Waals surface area contributed by atoms with E-state index in [1.807, 2.05) is 0 Å². The third-order valence-corrected chi connectivity index (χ3v) is 2.27. The average Bonchev–Trinajstić information content (AvgIpc) is 2.29. The molecule has 4 nitrogen and oxygen atoms in total. The Morgan fingerprint density at radius 3 is 2.06 bits per heavy atom. The van der Waals surface area contributed by atoms with E-state index < -0.39 is 28.9 Å². The zero-order chi connectivity index (χ0) is 13.3. The van der Waals surface area contributed by atoms with Crippen LogP contribution in [0.2, 0.25) is 0 Å². The zero-order valence-electron chi connectivity index (χ0n) is 8.98. The molecule has 0 aliphatic carbocycles. The van der Waals surface area contributed by atoms with Crippen molar-refractivity contribution in [2.45, 2.75) is 0 Å². The Hall–Kier alpha value is -2.50. The molecule has 0 aromatic heterocycles. The van der Waals surface area contributed by atoms with Gasteiger partial charge in [-0.1, -0.05) is 0 Å². The van der Waals surface area contributed by atoms with Crippen LogP contribution < -0.4 is 5.32 Å². The number of rotatable bonds is 2. The number of halogens is 2. The molecule has 2 aromatic carbocycles. The van der Waals surface area contributed by atoms with E-state index in [0.29, 0.717) is 6.07 Å². The monoisotopic (exact) mass is 253 g/mol. The Bertz CT molecular complexity index is 582. The van der Waals surface area contributed by atoms with E-state index >= 15 is 0 Å². The third-order valence-electron chi connectivity index (χ3n) is 2.27. The molecule has 0 atom stereocenters. The molecule has 0 radical (unpaired) electrons. The van der Waals surface area contributed by atoms with Crippen molar-refractivity contribution in [3.63, 3.8) is 0 Å². The maximum atomic E-state index is 12.9. The summed E-state index contributed by atoms with van der Waals surface area (Å²) in [6, 6.07) is 5.14. The first-order valence-electron chi connectivity index (χ1n) is 4.94. The van der Waals surface area contributed by atoms with Crippen LogP contribution in [0.4, 0.5) is 20.2 Å². The molecule has 0 unspecified atom stereocenters. The number of nitrogens with one attached hydrogen (secondary N) is 1. The molecule has 94 valence electrons. The lowest BCUT2D eigenvalue weighted by atomic mass is 10.2. The van der Waals surface area contributed by atoms with Gasteiger partial charge in [0.15, 0.2) is 11.5 Å². The molecule has 0 saturated heterocycles. The summed E-state index contributed by atoms with van der Waals surface area (Å²) in [6.07, 6.45) is 0. The van der Waals surface area contributed by atoms with Crippen molar-refractivity contribution in [1.29, 1.82) is 0 Å². The Morgan fingerprint density at radius 1 is 0.833 bits per heavy atom. The zero-order valence-corrected chi connectivity index (χ0v) is 8.98. The van der Waals surface area contributed by atoms with E-state index in [2.05, 4.69) is 5.32 Å². The molecule has 0 heterocycles. The van der Waals surface area contributed by atoms with Crippen LogP contribution in [0.15, 0.2) is 30.3 Å². The third kappa shape index (κ3) is 2.27. The SMILES string of the molecule is Oc1ccc(Nc2cc(F)cc(F)c2)c(O)c1O. The highest BCUT2D eigenvalue weighted by Crippen LogP contribution is 2.41. The molecule has 18 heavy (non-hydrogen) atoms. The Morgan fingerprint density at radius 2 is 1.44 bits per heavy atom. The smallest absolute Gasteiger partial charge is 0.202 e. The van der Waals surface area contributed by atoms with Crippen LogP contribution in [-0.4, -0.2) is 15.3 Å². The lowest BCUT2D eigenvalue weighted by Crippen LogP contribution is -1.93. The molecule has 6 heteroatoms. The van der Waals surface area contributed by atoms with Crippen LogP contribution in [0.1, 0.15) is 0 Å². The Labute approximate surface area is 101 Å². The van der Waals surface area contributed by atoms with Gasteiger partial charge in [-0.3, -0.25) is 0 Å². The predicted octanol–water partition coefficient (Wildman–Crippen LogP) is 2.83. The second-order valence-corrected chi connectivity index (χ2v) is 3.61. The normalized spacial score (nSPS) is 10.3. The maximum Gasteiger partial charge on any atom is 0.202 e. The fraction of sp³-hybridized carbons (Fsp3) is 0. The number of hydrogen-bond acceptors (Lipinski definition) is 4. The van der Waals surface area contributed by atoms with Gasteiger partial charge in [0.25, 0.3) is 0 Å². The van der Waals surface area contributed by atoms with Gasteiger partial charge in [0, 0.05) is 11.8 Å². The van der Waals surface area contributed by atoms with Crippen molar-refractivity contribution in [3.05, 3.63) is 42.0 Å². The lowest BCUT2D eigenvalue weighted by Gasteiger charge is -2.10. The summed E-state index contributed by atoms with van der Waals surface area (Å²) < 4.78 is 25.9. The van der Waals surface area contributed by atoms with Crippen molar-refractivity contribution in [2.75, 3.05) is 5.32 Å². The van der Waals surface area contributed by atoms with Crippen LogP contribution >= 0.6 is 0 Å². The van der Waals surface area contributed by atoms with Gasteiger partial charge in [-0.05, 0) is 24.3 Å². The summed E-state index contributed by atoms with van der Waals surface area (Å²) in [6.45, 7) is 0. The van der Waals surface area contributed by atoms with Gasteiger partial charge in [0.2, 0.25) is 5.75 Å². The molecule has 0 bridgehead atoms. The quantitative estimate of drug-likeness (QED) is 0.490. The second-order valence-electron chi connectivity index (χ2n) is 3.61. The summed E-state index contributed by atoms with van der Waals surface area (Å²) in [7, 11) is 0. The van der Waals surface area contributed by atoms with Gasteiger partial charge in [-0.2, -0.15) is 0 Å². The average molecular weight is 253 g/mol. The minimum absolute atomic E-state index is 0.00954. The summed E-state index contributed by atoms with van der Waals surface area (Å²) in [5.41, 5.74) is 0.0724. The number of benzene rings is 2. The molecule has 2 aromatic rings. The van der Waals surface area contributed by atoms with Gasteiger partial charge in [0.05, 0.1) is 5.69 Å². The maximum absolute atomic E-state index is 12.9. The van der Waals surface area contributed by atoms with Crippen LogP contribution in [-0.2, 0) is 0 Å². The van der Waals surface area contributed by atoms with Crippen LogP contribution in [0.3, 0.4) is 0 Å². The number of aromatic hydroxyl groups is 3. The fourth-order valence-electron chi connectivity index (χ4n) is 1.45. The van der Waals surface area contributed by atoms with E-state index in [4.69, 9.17) is 5.11 Å². The molecule has 0 aliphatic heterocycles. The van der Waals surface area contributed by atoms with E-state index in [-0.39, 0.29) is 11.4 Å². The predicted molar refractivity (Wildman–Crippen MR) is 61.1 cm³/mol. The Kier molecular flexibility index (Phi) is 2.93. The standard InChI is InChI=1S/C12H9F2NO3/c13-6-3-7(14)5-8(4-6)15-9-1-2-10(16)12(18)11(9)17/h1-5,15-18H. The van der Waals surface area contributed by atoms with Gasteiger partial charge in [-0.25, -0.2) is 8.78 Å². The van der Waals surface area contributed by atoms with Gasteiger partial charge < -0.3 is 20.6 Å². The minimum atomic E-state index is -0.778. The van der Waals surface area contributed by atoms with Crippen molar-refractivity contribution in [2.24, 2.45) is 0 Å². The highest BCUT2D eigenvalue weighted by molar-refractivity contribution is 5.71. The van der Waals surface area contributed by atoms with E-state index in [0.717, 1.165) is 18.2 Å². The van der Waals surface area contributed by atoms with Crippen LogP contribution in [0, 0.1) is 11.6 Å². The second kappa shape index (κ2) is 4.40. The summed E-state index contributed by atoms with van der Waals surface area (Å²) in [5, 5.41) is 30.4. The molecule has 0 fully saturated rings. The van der Waals surface area contributed by atoms with Crippen molar-refractivity contribution < 1.29 is 24.1 Å². The van der Waals surface area contributed by atoms with Crippen molar-refractivity contribution in [1.82, 2.24) is 0 Å². The summed E-state index contributed by atoms with van der Waals surface area (Å²) in [4.78, 5) is 0. The molecule has 0 aliphatic rings. The highest BCUT2D eigenvalue weighted by Gasteiger charge is 2.11. The summed E-state index contributed by atoms with van der Waals surface area (Å²) in [5.74, 6) is -3.38. The lowest BCUT2D eigenvalue weighted by molar-refractivity contribution is 0.369. The first-order chi connectivity index (χ1) is 8.47. The first kappa shape index (κ1) is 12.0. The number of phenolic OH excluding ortho intramolecular Hbond substituents is 3. The number of phenols is 3.